The SMILES string of the molecule is CCCN1CCC(NC(=O)NCc2ccccc2-n2cccn2)CC1. The number of piperidine rings is 1. The van der Waals surface area contributed by atoms with Gasteiger partial charge in [-0.1, -0.05) is 25.1 Å². The Morgan fingerprint density at radius 1 is 1.24 bits per heavy atom. The highest BCUT2D eigenvalue weighted by atomic mass is 16.2. The van der Waals surface area contributed by atoms with Gasteiger partial charge in [0.15, 0.2) is 0 Å². The van der Waals surface area contributed by atoms with Gasteiger partial charge in [-0.3, -0.25) is 0 Å². The van der Waals surface area contributed by atoms with E-state index in [1.54, 1.807) is 6.20 Å². The van der Waals surface area contributed by atoms with Crippen molar-refractivity contribution in [1.82, 2.24) is 25.3 Å². The lowest BCUT2D eigenvalue weighted by Crippen LogP contribution is -2.47. The first-order valence-electron chi connectivity index (χ1n) is 9.11. The number of urea groups is 1. The molecular weight excluding hydrogens is 314 g/mol. The molecule has 1 aromatic heterocycles. The zero-order valence-corrected chi connectivity index (χ0v) is 14.8. The fourth-order valence-electron chi connectivity index (χ4n) is 3.32. The Morgan fingerprint density at radius 2 is 2.04 bits per heavy atom. The number of para-hydroxylation sites is 1. The topological polar surface area (TPSA) is 62.2 Å². The normalized spacial score (nSPS) is 15.9. The summed E-state index contributed by atoms with van der Waals surface area (Å²) < 4.78 is 1.82. The number of amides is 2. The zero-order chi connectivity index (χ0) is 17.5. The van der Waals surface area contributed by atoms with Crippen molar-refractivity contribution in [2.45, 2.75) is 38.8 Å². The van der Waals surface area contributed by atoms with Gasteiger partial charge >= 0.3 is 6.03 Å². The summed E-state index contributed by atoms with van der Waals surface area (Å²) in [6.07, 6.45) is 6.90. The predicted octanol–water partition coefficient (Wildman–Crippen LogP) is 2.55. The summed E-state index contributed by atoms with van der Waals surface area (Å²) in [5.41, 5.74) is 2.03. The maximum atomic E-state index is 12.2. The maximum absolute atomic E-state index is 12.2. The quantitative estimate of drug-likeness (QED) is 0.849. The van der Waals surface area contributed by atoms with Gasteiger partial charge in [0.2, 0.25) is 0 Å². The third-order valence-corrected chi connectivity index (χ3v) is 4.64. The summed E-state index contributed by atoms with van der Waals surface area (Å²) in [4.78, 5) is 14.7. The highest BCUT2D eigenvalue weighted by molar-refractivity contribution is 5.74. The number of carbonyl (C=O) groups is 1. The van der Waals surface area contributed by atoms with E-state index in [1.807, 2.05) is 41.2 Å². The predicted molar refractivity (Wildman–Crippen MR) is 98.7 cm³/mol. The smallest absolute Gasteiger partial charge is 0.315 e. The first kappa shape index (κ1) is 17.5. The molecule has 6 nitrogen and oxygen atoms in total. The molecule has 2 aromatic rings. The van der Waals surface area contributed by atoms with Crippen molar-refractivity contribution < 1.29 is 4.79 Å². The molecule has 0 radical (unpaired) electrons. The molecule has 1 aliphatic heterocycles. The lowest BCUT2D eigenvalue weighted by Gasteiger charge is -2.32. The molecule has 1 saturated heterocycles. The van der Waals surface area contributed by atoms with Gasteiger partial charge in [-0.15, -0.1) is 0 Å². The molecule has 1 aliphatic rings. The van der Waals surface area contributed by atoms with E-state index < -0.39 is 0 Å². The molecule has 2 heterocycles. The van der Waals surface area contributed by atoms with E-state index in [4.69, 9.17) is 0 Å². The maximum Gasteiger partial charge on any atom is 0.315 e. The summed E-state index contributed by atoms with van der Waals surface area (Å²) in [6, 6.07) is 10.0. The van der Waals surface area contributed by atoms with Gasteiger partial charge in [0.05, 0.1) is 5.69 Å². The Labute approximate surface area is 149 Å². The number of rotatable bonds is 6. The van der Waals surface area contributed by atoms with E-state index >= 15 is 0 Å². The number of aromatic nitrogens is 2. The van der Waals surface area contributed by atoms with Gasteiger partial charge in [0.25, 0.3) is 0 Å². The monoisotopic (exact) mass is 341 g/mol. The molecule has 2 N–H and O–H groups in total. The lowest BCUT2D eigenvalue weighted by molar-refractivity contribution is 0.192. The fourth-order valence-corrected chi connectivity index (χ4v) is 3.32. The molecule has 0 aliphatic carbocycles. The molecule has 3 rings (SSSR count). The van der Waals surface area contributed by atoms with Crippen molar-refractivity contribution >= 4 is 6.03 Å². The van der Waals surface area contributed by atoms with Crippen molar-refractivity contribution in [1.29, 1.82) is 0 Å². The van der Waals surface area contributed by atoms with Gasteiger partial charge in [-0.25, -0.2) is 9.48 Å². The van der Waals surface area contributed by atoms with Crippen LogP contribution >= 0.6 is 0 Å². The number of hydrogen-bond donors (Lipinski definition) is 2. The van der Waals surface area contributed by atoms with Crippen molar-refractivity contribution in [3.63, 3.8) is 0 Å². The minimum atomic E-state index is -0.0933. The van der Waals surface area contributed by atoms with Crippen molar-refractivity contribution in [3.8, 4) is 5.69 Å². The summed E-state index contributed by atoms with van der Waals surface area (Å²) >= 11 is 0. The Bertz CT molecular complexity index is 662. The van der Waals surface area contributed by atoms with Crippen LogP contribution in [0.2, 0.25) is 0 Å². The first-order chi connectivity index (χ1) is 12.3. The Balaban J connectivity index is 1.49. The minimum absolute atomic E-state index is 0.0933. The van der Waals surface area contributed by atoms with Crippen LogP contribution in [0.5, 0.6) is 0 Å². The van der Waals surface area contributed by atoms with Crippen molar-refractivity contribution in [2.24, 2.45) is 0 Å². The molecule has 1 fully saturated rings. The number of carbonyl (C=O) groups excluding carboxylic acids is 1. The Hall–Kier alpha value is -2.34. The first-order valence-corrected chi connectivity index (χ1v) is 9.11. The average Bonchev–Trinajstić information content (AvgIpc) is 3.17. The third kappa shape index (κ3) is 4.82. The Kier molecular flexibility index (Phi) is 6.06. The van der Waals surface area contributed by atoms with Gasteiger partial charge in [0.1, 0.15) is 0 Å². The van der Waals surface area contributed by atoms with Crippen LogP contribution < -0.4 is 10.6 Å². The molecular formula is C19H27N5O. The second-order valence-corrected chi connectivity index (χ2v) is 6.52. The number of hydrogen-bond acceptors (Lipinski definition) is 3. The van der Waals surface area contributed by atoms with Crippen molar-refractivity contribution in [3.05, 3.63) is 48.3 Å². The number of benzene rings is 1. The summed E-state index contributed by atoms with van der Waals surface area (Å²) in [5, 5.41) is 10.4. The van der Waals surface area contributed by atoms with Crippen LogP contribution in [-0.2, 0) is 6.54 Å². The molecule has 0 saturated carbocycles. The van der Waals surface area contributed by atoms with Crippen LogP contribution in [0.4, 0.5) is 4.79 Å². The fraction of sp³-hybridized carbons (Fsp3) is 0.474. The van der Waals surface area contributed by atoms with Crippen LogP contribution in [0.25, 0.3) is 5.69 Å². The van der Waals surface area contributed by atoms with E-state index in [2.05, 4.69) is 27.6 Å². The van der Waals surface area contributed by atoms with Crippen molar-refractivity contribution in [2.75, 3.05) is 19.6 Å². The molecule has 25 heavy (non-hydrogen) atoms. The van der Waals surface area contributed by atoms with Gasteiger partial charge < -0.3 is 15.5 Å². The summed E-state index contributed by atoms with van der Waals surface area (Å²) in [6.45, 7) is 5.99. The van der Waals surface area contributed by atoms with Crippen LogP contribution in [0.1, 0.15) is 31.7 Å². The standard InChI is InChI=1S/C19H27N5O/c1-2-11-23-13-8-17(9-14-23)22-19(25)20-15-16-6-3-4-7-18(16)24-12-5-10-21-24/h3-7,10,12,17H,2,8-9,11,13-15H2,1H3,(H2,20,22,25). The molecule has 134 valence electrons. The minimum Gasteiger partial charge on any atom is -0.335 e. The second kappa shape index (κ2) is 8.67. The molecule has 0 bridgehead atoms. The number of likely N-dealkylation sites (tertiary alicyclic amines) is 1. The van der Waals surface area contributed by atoms with Gasteiger partial charge in [0, 0.05) is 38.1 Å². The van der Waals surface area contributed by atoms with E-state index in [-0.39, 0.29) is 12.1 Å². The lowest BCUT2D eigenvalue weighted by atomic mass is 10.1. The van der Waals surface area contributed by atoms with Gasteiger partial charge in [-0.2, -0.15) is 5.10 Å². The van der Waals surface area contributed by atoms with Crippen LogP contribution in [-0.4, -0.2) is 46.4 Å². The van der Waals surface area contributed by atoms with Crippen LogP contribution in [0.15, 0.2) is 42.7 Å². The summed E-state index contributed by atoms with van der Waals surface area (Å²) in [5.74, 6) is 0. The average molecular weight is 341 g/mol. The highest BCUT2D eigenvalue weighted by Crippen LogP contribution is 2.13. The molecule has 0 unspecified atom stereocenters. The third-order valence-electron chi connectivity index (χ3n) is 4.64. The summed E-state index contributed by atoms with van der Waals surface area (Å²) in [7, 11) is 0. The molecule has 2 amide bonds. The zero-order valence-electron chi connectivity index (χ0n) is 14.8. The van der Waals surface area contributed by atoms with E-state index in [1.165, 1.54) is 6.42 Å². The Morgan fingerprint density at radius 3 is 2.76 bits per heavy atom. The van der Waals surface area contributed by atoms with Crippen LogP contribution in [0, 0.1) is 0 Å². The highest BCUT2D eigenvalue weighted by Gasteiger charge is 2.20. The largest absolute Gasteiger partial charge is 0.335 e. The van der Waals surface area contributed by atoms with Crippen LogP contribution in [0.3, 0.4) is 0 Å². The molecule has 0 spiro atoms. The van der Waals surface area contributed by atoms with E-state index in [0.717, 1.165) is 43.7 Å². The number of nitrogens with zero attached hydrogens (tertiary/aromatic N) is 3. The second-order valence-electron chi connectivity index (χ2n) is 6.52. The number of nitrogens with one attached hydrogen (secondary N) is 2. The van der Waals surface area contributed by atoms with E-state index in [0.29, 0.717) is 6.54 Å². The van der Waals surface area contributed by atoms with E-state index in [9.17, 15) is 4.79 Å². The molecule has 0 atom stereocenters. The van der Waals surface area contributed by atoms with Gasteiger partial charge in [-0.05, 0) is 43.5 Å². The molecule has 1 aromatic carbocycles. The molecule has 6 heteroatoms.